The molecule has 0 bridgehead atoms. The molecule has 0 saturated carbocycles. The van der Waals surface area contributed by atoms with Crippen LogP contribution in [-0.4, -0.2) is 23.0 Å². The van der Waals surface area contributed by atoms with E-state index >= 15 is 0 Å². The van der Waals surface area contributed by atoms with E-state index in [0.717, 1.165) is 25.2 Å². The van der Waals surface area contributed by atoms with Crippen molar-refractivity contribution in [2.24, 2.45) is 5.92 Å². The van der Waals surface area contributed by atoms with Gasteiger partial charge in [-0.1, -0.05) is 85.0 Å². The molecule has 1 atom stereocenters. The number of hydrogen-bond donors (Lipinski definition) is 2. The third-order valence-corrected chi connectivity index (χ3v) is 4.40. The molecule has 1 amide bonds. The third-order valence-electron chi connectivity index (χ3n) is 4.40. The summed E-state index contributed by atoms with van der Waals surface area (Å²) in [6.07, 6.45) is 14.1. The average molecular weight is 342 g/mol. The van der Waals surface area contributed by atoms with Crippen LogP contribution in [0.25, 0.3) is 0 Å². The maximum Gasteiger partial charge on any atom is 0.326 e. The lowest BCUT2D eigenvalue weighted by atomic mass is 10.0. The monoisotopic (exact) mass is 341 g/mol. The Morgan fingerprint density at radius 1 is 0.833 bits per heavy atom. The van der Waals surface area contributed by atoms with E-state index in [0.29, 0.717) is 12.8 Å². The first-order valence-corrected chi connectivity index (χ1v) is 9.99. The summed E-state index contributed by atoms with van der Waals surface area (Å²) in [6, 6.07) is -0.724. The highest BCUT2D eigenvalue weighted by molar-refractivity contribution is 5.83. The second-order valence-corrected chi connectivity index (χ2v) is 7.36. The first-order valence-electron chi connectivity index (χ1n) is 9.99. The van der Waals surface area contributed by atoms with Crippen molar-refractivity contribution in [3.8, 4) is 0 Å². The fourth-order valence-electron chi connectivity index (χ4n) is 2.89. The van der Waals surface area contributed by atoms with Crippen LogP contribution in [0.15, 0.2) is 0 Å². The van der Waals surface area contributed by atoms with Crippen molar-refractivity contribution < 1.29 is 14.7 Å². The molecule has 0 aliphatic carbocycles. The van der Waals surface area contributed by atoms with Gasteiger partial charge in [-0.05, 0) is 18.8 Å². The number of amides is 1. The number of carbonyl (C=O) groups is 2. The highest BCUT2D eigenvalue weighted by atomic mass is 16.4. The van der Waals surface area contributed by atoms with Crippen molar-refractivity contribution in [3.63, 3.8) is 0 Å². The molecule has 1 unspecified atom stereocenters. The number of carboxylic acids is 1. The van der Waals surface area contributed by atoms with Crippen molar-refractivity contribution in [1.29, 1.82) is 0 Å². The van der Waals surface area contributed by atoms with Crippen molar-refractivity contribution >= 4 is 11.9 Å². The molecule has 4 nitrogen and oxygen atoms in total. The second kappa shape index (κ2) is 15.5. The lowest BCUT2D eigenvalue weighted by Crippen LogP contribution is -2.40. The Morgan fingerprint density at radius 2 is 1.33 bits per heavy atom. The number of unbranched alkanes of at least 4 members (excludes halogenated alkanes) is 8. The van der Waals surface area contributed by atoms with Gasteiger partial charge in [0.1, 0.15) is 6.04 Å². The van der Waals surface area contributed by atoms with Crippen molar-refractivity contribution in [2.45, 2.75) is 110 Å². The van der Waals surface area contributed by atoms with Gasteiger partial charge in [-0.2, -0.15) is 0 Å². The van der Waals surface area contributed by atoms with Crippen molar-refractivity contribution in [2.75, 3.05) is 0 Å². The van der Waals surface area contributed by atoms with E-state index in [4.69, 9.17) is 5.11 Å². The Bertz CT molecular complexity index is 329. The first kappa shape index (κ1) is 22.9. The Kier molecular flexibility index (Phi) is 14.8. The molecule has 0 aliphatic heterocycles. The number of hydrogen-bond acceptors (Lipinski definition) is 2. The summed E-state index contributed by atoms with van der Waals surface area (Å²) in [5.41, 5.74) is 0. The molecule has 0 heterocycles. The fraction of sp³-hybridized carbons (Fsp3) is 0.900. The van der Waals surface area contributed by atoms with Crippen LogP contribution in [0.2, 0.25) is 0 Å². The van der Waals surface area contributed by atoms with Crippen LogP contribution < -0.4 is 5.32 Å². The summed E-state index contributed by atoms with van der Waals surface area (Å²) in [5.74, 6) is -0.227. The predicted molar refractivity (Wildman–Crippen MR) is 100 cm³/mol. The van der Waals surface area contributed by atoms with E-state index in [9.17, 15) is 9.59 Å². The van der Waals surface area contributed by atoms with E-state index in [2.05, 4.69) is 19.2 Å². The summed E-state index contributed by atoms with van der Waals surface area (Å²) >= 11 is 0. The molecular formula is C20H39NO3. The molecule has 0 aromatic heterocycles. The van der Waals surface area contributed by atoms with E-state index in [1.165, 1.54) is 51.4 Å². The van der Waals surface area contributed by atoms with Gasteiger partial charge in [0.25, 0.3) is 0 Å². The summed E-state index contributed by atoms with van der Waals surface area (Å²) in [7, 11) is 0. The molecule has 0 aromatic rings. The van der Waals surface area contributed by atoms with Crippen LogP contribution in [0, 0.1) is 5.92 Å². The quantitative estimate of drug-likeness (QED) is 0.374. The van der Waals surface area contributed by atoms with Crippen LogP contribution in [0.4, 0.5) is 0 Å². The highest BCUT2D eigenvalue weighted by Gasteiger charge is 2.18. The van der Waals surface area contributed by atoms with Crippen LogP contribution in [0.1, 0.15) is 104 Å². The smallest absolute Gasteiger partial charge is 0.326 e. The first-order chi connectivity index (χ1) is 11.5. The summed E-state index contributed by atoms with van der Waals surface area (Å²) < 4.78 is 0. The van der Waals surface area contributed by atoms with Gasteiger partial charge in [0.05, 0.1) is 0 Å². The van der Waals surface area contributed by atoms with Crippen LogP contribution >= 0.6 is 0 Å². The zero-order chi connectivity index (χ0) is 18.2. The number of carboxylic acid groups (broad SMARTS) is 1. The van der Waals surface area contributed by atoms with E-state index in [1.807, 2.05) is 6.92 Å². The largest absolute Gasteiger partial charge is 0.480 e. The zero-order valence-electron chi connectivity index (χ0n) is 16.1. The lowest BCUT2D eigenvalue weighted by Gasteiger charge is -2.13. The highest BCUT2D eigenvalue weighted by Crippen LogP contribution is 2.13. The standard InChI is InChI=1S/C20H39NO3/c1-4-14-18(20(23)24)21-19(22)16-13-11-9-7-5-6-8-10-12-15-17(2)3/h17-18H,4-16H2,1-3H3,(H,21,22)(H,23,24). The number of carbonyl (C=O) groups excluding carboxylic acids is 1. The van der Waals surface area contributed by atoms with Gasteiger partial charge in [0, 0.05) is 6.42 Å². The fourth-order valence-corrected chi connectivity index (χ4v) is 2.89. The summed E-state index contributed by atoms with van der Waals surface area (Å²) in [4.78, 5) is 22.7. The van der Waals surface area contributed by atoms with Gasteiger partial charge >= 0.3 is 5.97 Å². The van der Waals surface area contributed by atoms with Gasteiger partial charge < -0.3 is 10.4 Å². The Balaban J connectivity index is 3.43. The Hall–Kier alpha value is -1.06. The molecule has 0 aromatic carbocycles. The van der Waals surface area contributed by atoms with Gasteiger partial charge in [0.2, 0.25) is 5.91 Å². The molecule has 0 fully saturated rings. The molecule has 0 radical (unpaired) electrons. The molecule has 24 heavy (non-hydrogen) atoms. The van der Waals surface area contributed by atoms with Crippen molar-refractivity contribution in [1.82, 2.24) is 5.32 Å². The molecule has 0 rings (SSSR count). The minimum atomic E-state index is -0.932. The molecule has 4 heteroatoms. The summed E-state index contributed by atoms with van der Waals surface area (Å²) in [6.45, 7) is 6.49. The molecule has 142 valence electrons. The molecule has 0 saturated heterocycles. The van der Waals surface area contributed by atoms with Crippen LogP contribution in [0.5, 0.6) is 0 Å². The Morgan fingerprint density at radius 3 is 1.79 bits per heavy atom. The number of rotatable bonds is 16. The topological polar surface area (TPSA) is 66.4 Å². The predicted octanol–water partition coefficient (Wildman–Crippen LogP) is 5.30. The van der Waals surface area contributed by atoms with Gasteiger partial charge in [-0.15, -0.1) is 0 Å². The van der Waals surface area contributed by atoms with Crippen LogP contribution in [0.3, 0.4) is 0 Å². The molecule has 0 aliphatic rings. The van der Waals surface area contributed by atoms with Gasteiger partial charge in [-0.3, -0.25) is 4.79 Å². The van der Waals surface area contributed by atoms with E-state index in [-0.39, 0.29) is 5.91 Å². The van der Waals surface area contributed by atoms with Crippen molar-refractivity contribution in [3.05, 3.63) is 0 Å². The minimum Gasteiger partial charge on any atom is -0.480 e. The maximum absolute atomic E-state index is 11.7. The molecule has 0 spiro atoms. The van der Waals surface area contributed by atoms with Gasteiger partial charge in [0.15, 0.2) is 0 Å². The SMILES string of the molecule is CCCC(NC(=O)CCCCCCCCCCCC(C)C)C(=O)O. The second-order valence-electron chi connectivity index (χ2n) is 7.36. The third kappa shape index (κ3) is 14.5. The summed E-state index contributed by atoms with van der Waals surface area (Å²) in [5, 5.41) is 11.6. The number of nitrogens with one attached hydrogen (secondary N) is 1. The number of aliphatic carboxylic acids is 1. The van der Waals surface area contributed by atoms with E-state index in [1.54, 1.807) is 0 Å². The maximum atomic E-state index is 11.7. The van der Waals surface area contributed by atoms with Crippen LogP contribution in [-0.2, 0) is 9.59 Å². The normalized spacial score (nSPS) is 12.3. The van der Waals surface area contributed by atoms with Gasteiger partial charge in [-0.25, -0.2) is 4.79 Å². The molecule has 2 N–H and O–H groups in total. The zero-order valence-corrected chi connectivity index (χ0v) is 16.1. The Labute approximate surface area is 148 Å². The average Bonchev–Trinajstić information content (AvgIpc) is 2.51. The lowest BCUT2D eigenvalue weighted by molar-refractivity contribution is -0.142. The molecular weight excluding hydrogens is 302 g/mol. The van der Waals surface area contributed by atoms with E-state index < -0.39 is 12.0 Å². The minimum absolute atomic E-state index is 0.124.